The summed E-state index contributed by atoms with van der Waals surface area (Å²) in [5.41, 5.74) is 0.494. The molecular formula is C12H18N4O2. The van der Waals surface area contributed by atoms with Gasteiger partial charge in [0.25, 0.3) is 0 Å². The summed E-state index contributed by atoms with van der Waals surface area (Å²) >= 11 is 0. The van der Waals surface area contributed by atoms with Crippen molar-refractivity contribution >= 4 is 11.5 Å². The smallest absolute Gasteiger partial charge is 0.334 e. The number of terminal acetylenes is 1. The van der Waals surface area contributed by atoms with Gasteiger partial charge in [0.2, 0.25) is 5.82 Å². The third kappa shape index (κ3) is 2.80. The summed E-state index contributed by atoms with van der Waals surface area (Å²) in [6.07, 6.45) is 7.60. The lowest BCUT2D eigenvalue weighted by Crippen LogP contribution is -2.19. The SMILES string of the molecule is C#CC(CCC)Nc1c([N+](=O)[O-])c(CC)nn1C. The minimum atomic E-state index is -0.409. The minimum absolute atomic E-state index is 0.0244. The molecule has 6 nitrogen and oxygen atoms in total. The van der Waals surface area contributed by atoms with Gasteiger partial charge in [-0.2, -0.15) is 5.10 Å². The van der Waals surface area contributed by atoms with Gasteiger partial charge in [-0.05, 0) is 12.8 Å². The maximum Gasteiger partial charge on any atom is 0.334 e. The Hall–Kier alpha value is -2.03. The monoisotopic (exact) mass is 250 g/mol. The Morgan fingerprint density at radius 3 is 2.72 bits per heavy atom. The first-order chi connectivity index (χ1) is 8.54. The maximum atomic E-state index is 11.1. The van der Waals surface area contributed by atoms with Gasteiger partial charge in [0.05, 0.1) is 11.0 Å². The number of aryl methyl sites for hydroxylation is 2. The third-order valence-electron chi connectivity index (χ3n) is 2.70. The second-order valence-corrected chi connectivity index (χ2v) is 4.03. The fourth-order valence-corrected chi connectivity index (χ4v) is 1.81. The zero-order chi connectivity index (χ0) is 13.7. The van der Waals surface area contributed by atoms with E-state index >= 15 is 0 Å². The number of aromatic nitrogens is 2. The van der Waals surface area contributed by atoms with E-state index in [9.17, 15) is 10.1 Å². The summed E-state index contributed by atoms with van der Waals surface area (Å²) in [5, 5.41) is 18.3. The summed E-state index contributed by atoms with van der Waals surface area (Å²) in [7, 11) is 1.67. The molecular weight excluding hydrogens is 232 g/mol. The molecule has 1 unspecified atom stereocenters. The van der Waals surface area contributed by atoms with E-state index < -0.39 is 4.92 Å². The average molecular weight is 250 g/mol. The van der Waals surface area contributed by atoms with E-state index in [1.54, 1.807) is 7.05 Å². The van der Waals surface area contributed by atoms with Crippen molar-refractivity contribution in [2.75, 3.05) is 5.32 Å². The molecule has 0 saturated carbocycles. The van der Waals surface area contributed by atoms with Gasteiger partial charge in [-0.25, -0.2) is 4.68 Å². The Kier molecular flexibility index (Phi) is 4.72. The highest BCUT2D eigenvalue weighted by Gasteiger charge is 2.26. The molecule has 1 heterocycles. The first kappa shape index (κ1) is 14.0. The predicted octanol–water partition coefficient (Wildman–Crippen LogP) is 2.10. The third-order valence-corrected chi connectivity index (χ3v) is 2.70. The topological polar surface area (TPSA) is 73.0 Å². The second-order valence-electron chi connectivity index (χ2n) is 4.03. The van der Waals surface area contributed by atoms with Gasteiger partial charge in [0, 0.05) is 7.05 Å². The van der Waals surface area contributed by atoms with E-state index in [1.165, 1.54) is 4.68 Å². The molecule has 0 bridgehead atoms. The molecule has 0 aliphatic carbocycles. The molecule has 0 aliphatic heterocycles. The van der Waals surface area contributed by atoms with Crippen LogP contribution in [0.1, 0.15) is 32.4 Å². The van der Waals surface area contributed by atoms with E-state index in [0.717, 1.165) is 12.8 Å². The Labute approximate surface area is 107 Å². The lowest BCUT2D eigenvalue weighted by atomic mass is 10.2. The van der Waals surface area contributed by atoms with Crippen molar-refractivity contribution in [3.8, 4) is 12.3 Å². The Balaban J connectivity index is 3.11. The van der Waals surface area contributed by atoms with Crippen LogP contribution in [0.15, 0.2) is 0 Å². The van der Waals surface area contributed by atoms with Gasteiger partial charge in [0.15, 0.2) is 0 Å². The summed E-state index contributed by atoms with van der Waals surface area (Å²) in [5.74, 6) is 2.98. The van der Waals surface area contributed by atoms with Crippen molar-refractivity contribution in [3.05, 3.63) is 15.8 Å². The summed E-state index contributed by atoms with van der Waals surface area (Å²) in [4.78, 5) is 10.7. The molecule has 0 amide bonds. The number of anilines is 1. The molecule has 98 valence electrons. The number of rotatable bonds is 6. The lowest BCUT2D eigenvalue weighted by Gasteiger charge is -2.12. The van der Waals surface area contributed by atoms with Crippen LogP contribution in [0.25, 0.3) is 0 Å². The van der Waals surface area contributed by atoms with E-state index in [2.05, 4.69) is 16.3 Å². The van der Waals surface area contributed by atoms with Gasteiger partial charge in [-0.1, -0.05) is 26.2 Å². The van der Waals surface area contributed by atoms with Gasteiger partial charge in [-0.15, -0.1) is 6.42 Å². The van der Waals surface area contributed by atoms with Crippen LogP contribution in [0.5, 0.6) is 0 Å². The molecule has 1 rings (SSSR count). The minimum Gasteiger partial charge on any atom is -0.351 e. The standard InChI is InChI=1S/C12H18N4O2/c1-5-8-9(6-2)13-12-11(16(17)18)10(7-3)14-15(12)4/h2,9,13H,5,7-8H2,1,3-4H3. The number of nitrogens with zero attached hydrogens (tertiary/aromatic N) is 3. The second kappa shape index (κ2) is 6.05. The lowest BCUT2D eigenvalue weighted by molar-refractivity contribution is -0.384. The molecule has 0 saturated heterocycles. The zero-order valence-corrected chi connectivity index (χ0v) is 10.9. The van der Waals surface area contributed by atoms with Gasteiger partial charge < -0.3 is 5.32 Å². The first-order valence-corrected chi connectivity index (χ1v) is 5.98. The molecule has 6 heteroatoms. The largest absolute Gasteiger partial charge is 0.351 e. The molecule has 0 aliphatic rings. The Morgan fingerprint density at radius 2 is 2.28 bits per heavy atom. The van der Waals surface area contributed by atoms with Crippen LogP contribution in [-0.2, 0) is 13.5 Å². The molecule has 0 fully saturated rings. The van der Waals surface area contributed by atoms with E-state index in [4.69, 9.17) is 6.42 Å². The predicted molar refractivity (Wildman–Crippen MR) is 70.4 cm³/mol. The summed E-state index contributed by atoms with van der Waals surface area (Å²) in [6.45, 7) is 3.85. The van der Waals surface area contributed by atoms with Gasteiger partial charge in [-0.3, -0.25) is 10.1 Å². The van der Waals surface area contributed by atoms with Gasteiger partial charge >= 0.3 is 5.69 Å². The fourth-order valence-electron chi connectivity index (χ4n) is 1.81. The molecule has 1 aromatic heterocycles. The van der Waals surface area contributed by atoms with Crippen molar-refractivity contribution < 1.29 is 4.92 Å². The number of hydrogen-bond donors (Lipinski definition) is 1. The molecule has 1 aromatic rings. The molecule has 0 aromatic carbocycles. The Morgan fingerprint density at radius 1 is 1.61 bits per heavy atom. The van der Waals surface area contributed by atoms with Crippen molar-refractivity contribution in [3.63, 3.8) is 0 Å². The average Bonchev–Trinajstić information content (AvgIpc) is 2.65. The molecule has 18 heavy (non-hydrogen) atoms. The van der Waals surface area contributed by atoms with E-state index in [-0.39, 0.29) is 11.7 Å². The Bertz CT molecular complexity index is 473. The van der Waals surface area contributed by atoms with Crippen LogP contribution in [0.3, 0.4) is 0 Å². The van der Waals surface area contributed by atoms with Gasteiger partial charge in [0.1, 0.15) is 5.69 Å². The number of hydrogen-bond acceptors (Lipinski definition) is 4. The maximum absolute atomic E-state index is 11.1. The van der Waals surface area contributed by atoms with Crippen molar-refractivity contribution in [1.29, 1.82) is 0 Å². The van der Waals surface area contributed by atoms with Crippen molar-refractivity contribution in [2.45, 2.75) is 39.2 Å². The number of nitrogens with one attached hydrogen (secondary N) is 1. The van der Waals surface area contributed by atoms with Crippen LogP contribution in [-0.4, -0.2) is 20.7 Å². The van der Waals surface area contributed by atoms with Crippen LogP contribution < -0.4 is 5.32 Å². The van der Waals surface area contributed by atoms with Crippen molar-refractivity contribution in [1.82, 2.24) is 9.78 Å². The normalized spacial score (nSPS) is 11.9. The fraction of sp³-hybridized carbons (Fsp3) is 0.583. The van der Waals surface area contributed by atoms with Crippen LogP contribution in [0.2, 0.25) is 0 Å². The quantitative estimate of drug-likeness (QED) is 0.476. The van der Waals surface area contributed by atoms with E-state index in [0.29, 0.717) is 17.9 Å². The summed E-state index contributed by atoms with van der Waals surface area (Å²) in [6, 6.07) is -0.214. The van der Waals surface area contributed by atoms with Crippen LogP contribution in [0.4, 0.5) is 11.5 Å². The highest BCUT2D eigenvalue weighted by atomic mass is 16.6. The summed E-state index contributed by atoms with van der Waals surface area (Å²) < 4.78 is 1.48. The molecule has 1 N–H and O–H groups in total. The molecule has 0 radical (unpaired) electrons. The highest BCUT2D eigenvalue weighted by Crippen LogP contribution is 2.29. The van der Waals surface area contributed by atoms with E-state index in [1.807, 2.05) is 13.8 Å². The molecule has 0 spiro atoms. The van der Waals surface area contributed by atoms with Crippen molar-refractivity contribution in [2.24, 2.45) is 7.05 Å². The van der Waals surface area contributed by atoms with Crippen LogP contribution in [0, 0.1) is 22.5 Å². The molecule has 1 atom stereocenters. The first-order valence-electron chi connectivity index (χ1n) is 5.98. The number of nitro groups is 1. The highest BCUT2D eigenvalue weighted by molar-refractivity contribution is 5.60. The zero-order valence-electron chi connectivity index (χ0n) is 10.9. The van der Waals surface area contributed by atoms with Crippen LogP contribution >= 0.6 is 0 Å².